The van der Waals surface area contributed by atoms with Crippen molar-refractivity contribution >= 4 is 11.6 Å². The molecule has 1 aromatic heterocycles. The van der Waals surface area contributed by atoms with Crippen molar-refractivity contribution in [2.75, 3.05) is 23.7 Å². The molecule has 0 amide bonds. The topological polar surface area (TPSA) is 49.8 Å². The van der Waals surface area contributed by atoms with Crippen LogP contribution < -0.4 is 10.6 Å². The number of anilines is 2. The van der Waals surface area contributed by atoms with Gasteiger partial charge in [-0.3, -0.25) is 0 Å². The van der Waals surface area contributed by atoms with Crippen LogP contribution in [0.25, 0.3) is 0 Å². The molecule has 0 radical (unpaired) electrons. The highest BCUT2D eigenvalue weighted by Gasteiger charge is 2.18. The van der Waals surface area contributed by atoms with Gasteiger partial charge in [-0.2, -0.15) is 0 Å². The van der Waals surface area contributed by atoms with Gasteiger partial charge in [-0.05, 0) is 13.3 Å². The minimum absolute atomic E-state index is 0.0351. The number of hydrogen-bond donors (Lipinski definition) is 2. The minimum atomic E-state index is -0.0351. The van der Waals surface area contributed by atoms with Crippen molar-refractivity contribution in [3.63, 3.8) is 0 Å². The smallest absolute Gasteiger partial charge is 0.138 e. The van der Waals surface area contributed by atoms with Crippen molar-refractivity contribution in [1.29, 1.82) is 0 Å². The Morgan fingerprint density at radius 1 is 1.06 bits per heavy atom. The molecule has 0 saturated carbocycles. The summed E-state index contributed by atoms with van der Waals surface area (Å²) in [4.78, 5) is 9.16. The maximum atomic E-state index is 4.60. The molecule has 1 aromatic rings. The predicted octanol–water partition coefficient (Wildman–Crippen LogP) is 3.42. The van der Waals surface area contributed by atoms with Crippen molar-refractivity contribution in [3.8, 4) is 0 Å². The molecule has 0 aromatic carbocycles. The van der Waals surface area contributed by atoms with Crippen LogP contribution in [0.3, 0.4) is 0 Å². The molecule has 0 unspecified atom stereocenters. The third-order valence-corrected chi connectivity index (χ3v) is 2.59. The number of nitrogens with zero attached hydrogens (tertiary/aromatic N) is 2. The lowest BCUT2D eigenvalue weighted by molar-refractivity contribution is 0.546. The molecule has 0 saturated heterocycles. The van der Waals surface area contributed by atoms with E-state index in [2.05, 4.69) is 55.2 Å². The molecule has 2 N–H and O–H groups in total. The zero-order chi connectivity index (χ0) is 13.6. The van der Waals surface area contributed by atoms with Crippen LogP contribution >= 0.6 is 0 Å². The Labute approximate surface area is 111 Å². The number of unbranched alkanes of at least 4 members (excludes halogenated alkanes) is 1. The third kappa shape index (κ3) is 4.51. The predicted molar refractivity (Wildman–Crippen MR) is 78.3 cm³/mol. The second-order valence-electron chi connectivity index (χ2n) is 5.52. The van der Waals surface area contributed by atoms with Crippen LogP contribution in [-0.4, -0.2) is 23.1 Å². The maximum Gasteiger partial charge on any atom is 0.138 e. The number of aromatic nitrogens is 2. The molecule has 18 heavy (non-hydrogen) atoms. The van der Waals surface area contributed by atoms with Crippen LogP contribution in [-0.2, 0) is 5.41 Å². The quantitative estimate of drug-likeness (QED) is 0.760. The van der Waals surface area contributed by atoms with Gasteiger partial charge in [-0.1, -0.05) is 34.1 Å². The second-order valence-corrected chi connectivity index (χ2v) is 5.52. The van der Waals surface area contributed by atoms with Gasteiger partial charge in [-0.15, -0.1) is 0 Å². The summed E-state index contributed by atoms with van der Waals surface area (Å²) < 4.78 is 0. The van der Waals surface area contributed by atoms with Crippen molar-refractivity contribution in [1.82, 2.24) is 9.97 Å². The van der Waals surface area contributed by atoms with Gasteiger partial charge in [0, 0.05) is 24.6 Å². The van der Waals surface area contributed by atoms with Crippen LogP contribution in [0.2, 0.25) is 0 Å². The lowest BCUT2D eigenvalue weighted by Crippen LogP contribution is -2.18. The Morgan fingerprint density at radius 2 is 1.67 bits per heavy atom. The highest BCUT2D eigenvalue weighted by molar-refractivity contribution is 5.48. The zero-order valence-electron chi connectivity index (χ0n) is 12.3. The van der Waals surface area contributed by atoms with Crippen molar-refractivity contribution in [3.05, 3.63) is 11.9 Å². The van der Waals surface area contributed by atoms with Gasteiger partial charge in [-0.25, -0.2) is 9.97 Å². The van der Waals surface area contributed by atoms with Gasteiger partial charge in [0.1, 0.15) is 17.5 Å². The molecule has 0 aliphatic carbocycles. The Bertz CT molecular complexity index is 369. The van der Waals surface area contributed by atoms with Crippen LogP contribution in [0.1, 0.15) is 53.3 Å². The molecule has 0 aliphatic rings. The number of nitrogens with one attached hydrogen (secondary N) is 2. The number of rotatable bonds is 6. The molecule has 0 fully saturated rings. The lowest BCUT2D eigenvalue weighted by atomic mass is 9.96. The first-order valence-corrected chi connectivity index (χ1v) is 6.84. The third-order valence-electron chi connectivity index (χ3n) is 2.59. The largest absolute Gasteiger partial charge is 0.370 e. The normalized spacial score (nSPS) is 11.4. The van der Waals surface area contributed by atoms with E-state index >= 15 is 0 Å². The molecule has 1 heterocycles. The van der Waals surface area contributed by atoms with Crippen molar-refractivity contribution < 1.29 is 0 Å². The molecule has 0 aliphatic heterocycles. The average molecular weight is 250 g/mol. The fourth-order valence-electron chi connectivity index (χ4n) is 1.54. The fraction of sp³-hybridized carbons (Fsp3) is 0.714. The highest BCUT2D eigenvalue weighted by atomic mass is 15.1. The van der Waals surface area contributed by atoms with E-state index < -0.39 is 0 Å². The molecule has 0 spiro atoms. The van der Waals surface area contributed by atoms with E-state index in [0.717, 1.165) is 37.0 Å². The Morgan fingerprint density at radius 3 is 2.17 bits per heavy atom. The van der Waals surface area contributed by atoms with Gasteiger partial charge in [0.05, 0.1) is 0 Å². The van der Waals surface area contributed by atoms with Crippen molar-refractivity contribution in [2.45, 2.75) is 52.9 Å². The zero-order valence-corrected chi connectivity index (χ0v) is 12.3. The van der Waals surface area contributed by atoms with Gasteiger partial charge in [0.15, 0.2) is 0 Å². The number of hydrogen-bond acceptors (Lipinski definition) is 4. The molecule has 1 rings (SSSR count). The fourth-order valence-corrected chi connectivity index (χ4v) is 1.54. The van der Waals surface area contributed by atoms with E-state index in [0.29, 0.717) is 0 Å². The van der Waals surface area contributed by atoms with Gasteiger partial charge >= 0.3 is 0 Å². The SMILES string of the molecule is CCCCNc1cc(NCC)nc(C(C)(C)C)n1. The van der Waals surface area contributed by atoms with E-state index in [9.17, 15) is 0 Å². The molecular weight excluding hydrogens is 224 g/mol. The van der Waals surface area contributed by atoms with E-state index in [1.165, 1.54) is 6.42 Å². The minimum Gasteiger partial charge on any atom is -0.370 e. The summed E-state index contributed by atoms with van der Waals surface area (Å²) in [5.74, 6) is 2.69. The summed E-state index contributed by atoms with van der Waals surface area (Å²) in [5.41, 5.74) is -0.0351. The molecule has 0 atom stereocenters. The first-order valence-electron chi connectivity index (χ1n) is 6.84. The second kappa shape index (κ2) is 6.57. The standard InChI is InChI=1S/C14H26N4/c1-6-8-9-16-12-10-11(15-7-2)17-13(18-12)14(3,4)5/h10H,6-9H2,1-5H3,(H2,15,16,17,18). The lowest BCUT2D eigenvalue weighted by Gasteiger charge is -2.19. The Hall–Kier alpha value is -1.32. The van der Waals surface area contributed by atoms with E-state index in [-0.39, 0.29) is 5.41 Å². The van der Waals surface area contributed by atoms with Gasteiger partial charge in [0.2, 0.25) is 0 Å². The monoisotopic (exact) mass is 250 g/mol. The Balaban J connectivity index is 2.91. The van der Waals surface area contributed by atoms with Crippen LogP contribution in [0, 0.1) is 0 Å². The molecule has 0 bridgehead atoms. The first-order chi connectivity index (χ1) is 8.47. The van der Waals surface area contributed by atoms with Crippen LogP contribution in [0.15, 0.2) is 6.07 Å². The van der Waals surface area contributed by atoms with E-state index in [1.807, 2.05) is 6.07 Å². The maximum absolute atomic E-state index is 4.60. The van der Waals surface area contributed by atoms with Gasteiger partial charge in [0.25, 0.3) is 0 Å². The van der Waals surface area contributed by atoms with E-state index in [1.54, 1.807) is 0 Å². The molecular formula is C14H26N4. The summed E-state index contributed by atoms with van der Waals surface area (Å²) in [6.07, 6.45) is 2.34. The average Bonchev–Trinajstić information content (AvgIpc) is 2.28. The summed E-state index contributed by atoms with van der Waals surface area (Å²) in [6.45, 7) is 12.5. The Kier molecular flexibility index (Phi) is 5.38. The van der Waals surface area contributed by atoms with E-state index in [4.69, 9.17) is 0 Å². The first kappa shape index (κ1) is 14.7. The summed E-state index contributed by atoms with van der Waals surface area (Å²) in [5, 5.41) is 6.63. The van der Waals surface area contributed by atoms with Crippen LogP contribution in [0.5, 0.6) is 0 Å². The summed E-state index contributed by atoms with van der Waals surface area (Å²) in [7, 11) is 0. The molecule has 4 heteroatoms. The van der Waals surface area contributed by atoms with Gasteiger partial charge < -0.3 is 10.6 Å². The summed E-state index contributed by atoms with van der Waals surface area (Å²) >= 11 is 0. The van der Waals surface area contributed by atoms with Crippen molar-refractivity contribution in [2.24, 2.45) is 0 Å². The highest BCUT2D eigenvalue weighted by Crippen LogP contribution is 2.22. The molecule has 102 valence electrons. The van der Waals surface area contributed by atoms with Crippen LogP contribution in [0.4, 0.5) is 11.6 Å². The summed E-state index contributed by atoms with van der Waals surface area (Å²) in [6, 6.07) is 1.98. The molecule has 4 nitrogen and oxygen atoms in total.